The van der Waals surface area contributed by atoms with E-state index in [0.29, 0.717) is 10.4 Å². The Morgan fingerprint density at radius 3 is 2.75 bits per heavy atom. The Labute approximate surface area is 69.4 Å². The lowest BCUT2D eigenvalue weighted by Gasteiger charge is -1.99. The van der Waals surface area contributed by atoms with Crippen molar-refractivity contribution >= 4 is 16.5 Å². The van der Waals surface area contributed by atoms with E-state index in [1.807, 2.05) is 0 Å². The summed E-state index contributed by atoms with van der Waals surface area (Å²) in [5.74, 6) is 0. The second-order valence-electron chi connectivity index (χ2n) is 1.94. The normalized spacial score (nSPS) is 11.4. The minimum absolute atomic E-state index is 0.0776. The molecular weight excluding hydrogens is 182 g/mol. The lowest BCUT2D eigenvalue weighted by Crippen LogP contribution is -2.26. The summed E-state index contributed by atoms with van der Waals surface area (Å²) < 4.78 is 24.8. The van der Waals surface area contributed by atoms with Gasteiger partial charge < -0.3 is 0 Å². The Balaban J connectivity index is 3.13. The summed E-state index contributed by atoms with van der Waals surface area (Å²) in [6.07, 6.45) is 1.66. The van der Waals surface area contributed by atoms with Crippen molar-refractivity contribution in [3.05, 3.63) is 18.0 Å². The minimum Gasteiger partial charge on any atom is -0.296 e. The molecule has 0 aliphatic rings. The standard InChI is InChI=1S/C5H7N3O3S/c1-6-12(10,11)8-3-2-5(4-9)7-8/h2-4,6H,1H3. The Morgan fingerprint density at radius 2 is 2.33 bits per heavy atom. The van der Waals surface area contributed by atoms with Gasteiger partial charge in [-0.2, -0.15) is 22.3 Å². The van der Waals surface area contributed by atoms with Gasteiger partial charge in [-0.15, -0.1) is 0 Å². The smallest absolute Gasteiger partial charge is 0.296 e. The van der Waals surface area contributed by atoms with Gasteiger partial charge in [0.05, 0.1) is 0 Å². The molecule has 0 saturated heterocycles. The van der Waals surface area contributed by atoms with Crippen molar-refractivity contribution in [3.63, 3.8) is 0 Å². The highest BCUT2D eigenvalue weighted by molar-refractivity contribution is 7.87. The lowest BCUT2D eigenvalue weighted by molar-refractivity contribution is 0.111. The number of carbonyl (C=O) groups excluding carboxylic acids is 1. The van der Waals surface area contributed by atoms with Crippen LogP contribution < -0.4 is 4.72 Å². The van der Waals surface area contributed by atoms with Crippen LogP contribution in [0.3, 0.4) is 0 Å². The first-order valence-electron chi connectivity index (χ1n) is 3.05. The minimum atomic E-state index is -3.59. The Kier molecular flexibility index (Phi) is 2.25. The summed E-state index contributed by atoms with van der Waals surface area (Å²) in [6, 6.07) is 1.31. The molecular formula is C5H7N3O3S. The van der Waals surface area contributed by atoms with Gasteiger partial charge >= 0.3 is 10.2 Å². The zero-order valence-electron chi connectivity index (χ0n) is 6.26. The average molecular weight is 189 g/mol. The summed E-state index contributed by atoms with van der Waals surface area (Å²) in [4.78, 5) is 10.1. The van der Waals surface area contributed by atoms with Crippen LogP contribution in [0.2, 0.25) is 0 Å². The molecule has 0 unspecified atom stereocenters. The van der Waals surface area contributed by atoms with E-state index < -0.39 is 10.2 Å². The third-order valence-electron chi connectivity index (χ3n) is 1.21. The van der Waals surface area contributed by atoms with Crippen molar-refractivity contribution in [1.82, 2.24) is 13.9 Å². The summed E-state index contributed by atoms with van der Waals surface area (Å²) in [7, 11) is -2.33. The summed E-state index contributed by atoms with van der Waals surface area (Å²) in [5.41, 5.74) is 0.0776. The van der Waals surface area contributed by atoms with Gasteiger partial charge in [-0.3, -0.25) is 4.79 Å². The van der Waals surface area contributed by atoms with E-state index in [0.717, 1.165) is 0 Å². The molecule has 0 saturated carbocycles. The Bertz CT molecular complexity index is 380. The fraction of sp³-hybridized carbons (Fsp3) is 0.200. The molecule has 0 atom stereocenters. The molecule has 0 amide bonds. The van der Waals surface area contributed by atoms with Crippen LogP contribution >= 0.6 is 0 Å². The fourth-order valence-electron chi connectivity index (χ4n) is 0.611. The van der Waals surface area contributed by atoms with E-state index in [1.165, 1.54) is 19.3 Å². The number of carbonyl (C=O) groups is 1. The molecule has 1 rings (SSSR count). The quantitative estimate of drug-likeness (QED) is 0.619. The van der Waals surface area contributed by atoms with Gasteiger partial charge in [0.15, 0.2) is 6.29 Å². The highest BCUT2D eigenvalue weighted by Gasteiger charge is 2.10. The first-order chi connectivity index (χ1) is 5.60. The zero-order chi connectivity index (χ0) is 9.19. The molecule has 7 heteroatoms. The molecule has 1 N–H and O–H groups in total. The molecule has 0 spiro atoms. The summed E-state index contributed by atoms with van der Waals surface area (Å²) in [5, 5.41) is 3.47. The molecule has 0 aliphatic carbocycles. The summed E-state index contributed by atoms with van der Waals surface area (Å²) >= 11 is 0. The largest absolute Gasteiger partial charge is 0.320 e. The van der Waals surface area contributed by atoms with Gasteiger partial charge in [0, 0.05) is 13.2 Å². The van der Waals surface area contributed by atoms with Crippen molar-refractivity contribution in [3.8, 4) is 0 Å². The number of nitrogens with one attached hydrogen (secondary N) is 1. The van der Waals surface area contributed by atoms with Crippen molar-refractivity contribution in [2.75, 3.05) is 7.05 Å². The van der Waals surface area contributed by atoms with Crippen LogP contribution in [0.5, 0.6) is 0 Å². The molecule has 0 fully saturated rings. The van der Waals surface area contributed by atoms with Gasteiger partial charge in [0.2, 0.25) is 0 Å². The highest BCUT2D eigenvalue weighted by Crippen LogP contribution is 1.94. The maximum atomic E-state index is 11.0. The third-order valence-corrected chi connectivity index (χ3v) is 2.42. The van der Waals surface area contributed by atoms with Crippen molar-refractivity contribution < 1.29 is 13.2 Å². The molecule has 66 valence electrons. The van der Waals surface area contributed by atoms with Gasteiger partial charge in [0.1, 0.15) is 5.69 Å². The van der Waals surface area contributed by atoms with E-state index in [9.17, 15) is 13.2 Å². The number of hydrogen-bond acceptors (Lipinski definition) is 4. The van der Waals surface area contributed by atoms with Crippen LogP contribution in [0.25, 0.3) is 0 Å². The highest BCUT2D eigenvalue weighted by atomic mass is 32.2. The van der Waals surface area contributed by atoms with Gasteiger partial charge in [0.25, 0.3) is 0 Å². The van der Waals surface area contributed by atoms with E-state index in [1.54, 1.807) is 0 Å². The maximum Gasteiger partial charge on any atom is 0.320 e. The number of aromatic nitrogens is 2. The molecule has 0 aromatic carbocycles. The molecule has 0 aliphatic heterocycles. The molecule has 0 bridgehead atoms. The molecule has 0 radical (unpaired) electrons. The van der Waals surface area contributed by atoms with E-state index in [-0.39, 0.29) is 5.69 Å². The summed E-state index contributed by atoms with van der Waals surface area (Å²) in [6.45, 7) is 0. The Hall–Kier alpha value is -1.21. The van der Waals surface area contributed by atoms with E-state index in [4.69, 9.17) is 0 Å². The maximum absolute atomic E-state index is 11.0. The number of nitrogens with zero attached hydrogens (tertiary/aromatic N) is 2. The monoisotopic (exact) mass is 189 g/mol. The van der Waals surface area contributed by atoms with Crippen LogP contribution in [-0.4, -0.2) is 30.9 Å². The molecule has 1 aromatic rings. The fourth-order valence-corrected chi connectivity index (χ4v) is 1.22. The molecule has 1 aromatic heterocycles. The van der Waals surface area contributed by atoms with Crippen LogP contribution in [0, 0.1) is 0 Å². The lowest BCUT2D eigenvalue weighted by atomic mass is 10.5. The molecule has 12 heavy (non-hydrogen) atoms. The van der Waals surface area contributed by atoms with Crippen molar-refractivity contribution in [2.45, 2.75) is 0 Å². The van der Waals surface area contributed by atoms with Crippen LogP contribution in [0.15, 0.2) is 12.3 Å². The van der Waals surface area contributed by atoms with Gasteiger partial charge in [-0.1, -0.05) is 0 Å². The SMILES string of the molecule is CNS(=O)(=O)n1ccc(C=O)n1. The molecule has 1 heterocycles. The second-order valence-corrected chi connectivity index (χ2v) is 3.67. The number of rotatable bonds is 3. The average Bonchev–Trinajstić information content (AvgIpc) is 2.52. The van der Waals surface area contributed by atoms with E-state index in [2.05, 4.69) is 9.82 Å². The first-order valence-corrected chi connectivity index (χ1v) is 4.49. The topological polar surface area (TPSA) is 81.1 Å². The van der Waals surface area contributed by atoms with Crippen molar-refractivity contribution in [2.24, 2.45) is 0 Å². The third kappa shape index (κ3) is 1.51. The number of aldehydes is 1. The van der Waals surface area contributed by atoms with Gasteiger partial charge in [-0.25, -0.2) is 0 Å². The predicted molar refractivity (Wildman–Crippen MR) is 41.0 cm³/mol. The first kappa shape index (κ1) is 8.88. The zero-order valence-corrected chi connectivity index (χ0v) is 7.08. The van der Waals surface area contributed by atoms with Crippen LogP contribution in [0.4, 0.5) is 0 Å². The van der Waals surface area contributed by atoms with E-state index >= 15 is 0 Å². The van der Waals surface area contributed by atoms with Crippen LogP contribution in [0.1, 0.15) is 10.5 Å². The van der Waals surface area contributed by atoms with Crippen molar-refractivity contribution in [1.29, 1.82) is 0 Å². The van der Waals surface area contributed by atoms with Gasteiger partial charge in [-0.05, 0) is 6.07 Å². The predicted octanol–water partition coefficient (Wildman–Crippen LogP) is -0.992. The second kappa shape index (κ2) is 3.03. The molecule has 6 nitrogen and oxygen atoms in total. The van der Waals surface area contributed by atoms with Crippen LogP contribution in [-0.2, 0) is 10.2 Å². The Morgan fingerprint density at radius 1 is 1.67 bits per heavy atom. The number of hydrogen-bond donors (Lipinski definition) is 1.